The molecule has 1 rings (SSSR count). The maximum atomic E-state index is 11.1. The van der Waals surface area contributed by atoms with Crippen molar-refractivity contribution in [3.05, 3.63) is 12.7 Å². The van der Waals surface area contributed by atoms with E-state index in [0.29, 0.717) is 25.7 Å². The summed E-state index contributed by atoms with van der Waals surface area (Å²) in [5.74, 6) is 0.487. The molecule has 3 heteroatoms. The number of rotatable bonds is 7. The average molecular weight is 183 g/mol. The summed E-state index contributed by atoms with van der Waals surface area (Å²) < 4.78 is 5.24. The van der Waals surface area contributed by atoms with Gasteiger partial charge in [0.15, 0.2) is 0 Å². The third-order valence-corrected chi connectivity index (χ3v) is 1.96. The molecule has 74 valence electrons. The Bertz CT molecular complexity index is 176. The molecule has 1 amide bonds. The Balaban J connectivity index is 1.83. The molecule has 0 atom stereocenters. The van der Waals surface area contributed by atoms with E-state index in [0.717, 1.165) is 19.3 Å². The molecule has 0 aliphatic heterocycles. The van der Waals surface area contributed by atoms with Gasteiger partial charge in [0, 0.05) is 12.5 Å². The van der Waals surface area contributed by atoms with E-state index in [2.05, 4.69) is 11.9 Å². The van der Waals surface area contributed by atoms with Crippen LogP contribution in [0.4, 0.5) is 0 Å². The Labute approximate surface area is 79.2 Å². The van der Waals surface area contributed by atoms with Crippen molar-refractivity contribution in [1.29, 1.82) is 0 Å². The number of nitrogens with one attached hydrogen (secondary N) is 1. The third-order valence-electron chi connectivity index (χ3n) is 1.96. The predicted octanol–water partition coefficient (Wildman–Crippen LogP) is 1.11. The van der Waals surface area contributed by atoms with Crippen molar-refractivity contribution in [3.8, 4) is 0 Å². The van der Waals surface area contributed by atoms with E-state index in [1.165, 1.54) is 0 Å². The fourth-order valence-electron chi connectivity index (χ4n) is 1.00. The Morgan fingerprint density at radius 3 is 2.92 bits per heavy atom. The fraction of sp³-hybridized carbons (Fsp3) is 0.700. The van der Waals surface area contributed by atoms with Gasteiger partial charge in [-0.3, -0.25) is 4.79 Å². The van der Waals surface area contributed by atoms with Crippen molar-refractivity contribution < 1.29 is 9.53 Å². The monoisotopic (exact) mass is 183 g/mol. The zero-order chi connectivity index (χ0) is 9.52. The zero-order valence-corrected chi connectivity index (χ0v) is 7.92. The van der Waals surface area contributed by atoms with Gasteiger partial charge in [0.25, 0.3) is 0 Å². The van der Waals surface area contributed by atoms with Crippen LogP contribution in [-0.2, 0) is 9.53 Å². The third kappa shape index (κ3) is 4.68. The molecule has 0 aromatic carbocycles. The summed E-state index contributed by atoms with van der Waals surface area (Å²) in [4.78, 5) is 11.1. The highest BCUT2D eigenvalue weighted by atomic mass is 16.5. The summed E-state index contributed by atoms with van der Waals surface area (Å²) in [5.41, 5.74) is 0. The standard InChI is InChI=1S/C10H17NO2/c1-2-3-7-13-8-6-11-10(12)9-4-5-9/h2,9H,1,3-8H2,(H,11,12). The lowest BCUT2D eigenvalue weighted by Gasteiger charge is -2.04. The molecule has 0 aromatic rings. The summed E-state index contributed by atoms with van der Waals surface area (Å²) in [5, 5.41) is 2.83. The van der Waals surface area contributed by atoms with E-state index < -0.39 is 0 Å². The van der Waals surface area contributed by atoms with Gasteiger partial charge in [0.2, 0.25) is 5.91 Å². The molecule has 1 N–H and O–H groups in total. The van der Waals surface area contributed by atoms with E-state index in [1.54, 1.807) is 0 Å². The van der Waals surface area contributed by atoms with Crippen molar-refractivity contribution in [3.63, 3.8) is 0 Å². The quantitative estimate of drug-likeness (QED) is 0.474. The van der Waals surface area contributed by atoms with E-state index in [1.807, 2.05) is 6.08 Å². The molecule has 0 saturated heterocycles. The maximum Gasteiger partial charge on any atom is 0.223 e. The van der Waals surface area contributed by atoms with Gasteiger partial charge in [-0.1, -0.05) is 6.08 Å². The molecule has 1 aliphatic carbocycles. The minimum Gasteiger partial charge on any atom is -0.379 e. The fourth-order valence-corrected chi connectivity index (χ4v) is 1.00. The van der Waals surface area contributed by atoms with Crippen molar-refractivity contribution in [1.82, 2.24) is 5.32 Å². The normalized spacial score (nSPS) is 15.4. The second kappa shape index (κ2) is 5.75. The first-order valence-corrected chi connectivity index (χ1v) is 4.81. The summed E-state index contributed by atoms with van der Waals surface area (Å²) in [6.45, 7) is 5.52. The Morgan fingerprint density at radius 1 is 1.54 bits per heavy atom. The van der Waals surface area contributed by atoms with Crippen LogP contribution in [0.3, 0.4) is 0 Å². The first-order chi connectivity index (χ1) is 6.34. The number of hydrogen-bond donors (Lipinski definition) is 1. The molecule has 1 saturated carbocycles. The van der Waals surface area contributed by atoms with E-state index in [9.17, 15) is 4.79 Å². The average Bonchev–Trinajstić information content (AvgIpc) is 2.93. The second-order valence-corrected chi connectivity index (χ2v) is 3.26. The molecule has 1 aliphatic rings. The van der Waals surface area contributed by atoms with Gasteiger partial charge in [-0.2, -0.15) is 0 Å². The Morgan fingerprint density at radius 2 is 2.31 bits per heavy atom. The molecular formula is C10H17NO2. The number of ether oxygens (including phenoxy) is 1. The minimum absolute atomic E-state index is 0.187. The van der Waals surface area contributed by atoms with Gasteiger partial charge in [0.1, 0.15) is 0 Å². The summed E-state index contributed by atoms with van der Waals surface area (Å²) in [6.07, 6.45) is 4.81. The van der Waals surface area contributed by atoms with E-state index in [4.69, 9.17) is 4.74 Å². The topological polar surface area (TPSA) is 38.3 Å². The molecule has 0 bridgehead atoms. The van der Waals surface area contributed by atoms with Crippen molar-refractivity contribution in [2.75, 3.05) is 19.8 Å². The highest BCUT2D eigenvalue weighted by molar-refractivity contribution is 5.80. The number of carbonyl (C=O) groups excluding carboxylic acids is 1. The smallest absolute Gasteiger partial charge is 0.223 e. The van der Waals surface area contributed by atoms with E-state index >= 15 is 0 Å². The van der Waals surface area contributed by atoms with Gasteiger partial charge >= 0.3 is 0 Å². The molecule has 0 unspecified atom stereocenters. The van der Waals surface area contributed by atoms with Crippen molar-refractivity contribution >= 4 is 5.91 Å². The SMILES string of the molecule is C=CCCOCCNC(=O)C1CC1. The number of hydrogen-bond acceptors (Lipinski definition) is 2. The lowest BCUT2D eigenvalue weighted by molar-refractivity contribution is -0.122. The van der Waals surface area contributed by atoms with Gasteiger partial charge in [0.05, 0.1) is 13.2 Å². The van der Waals surface area contributed by atoms with Gasteiger partial charge in [-0.05, 0) is 19.3 Å². The highest BCUT2D eigenvalue weighted by Gasteiger charge is 2.28. The Hall–Kier alpha value is -0.830. The molecule has 0 heterocycles. The van der Waals surface area contributed by atoms with Gasteiger partial charge < -0.3 is 10.1 Å². The number of carbonyl (C=O) groups is 1. The van der Waals surface area contributed by atoms with Crippen LogP contribution in [0.25, 0.3) is 0 Å². The molecule has 0 spiro atoms. The molecule has 0 radical (unpaired) electrons. The van der Waals surface area contributed by atoms with Crippen LogP contribution in [0.2, 0.25) is 0 Å². The predicted molar refractivity (Wildman–Crippen MR) is 51.4 cm³/mol. The Kier molecular flexibility index (Phi) is 4.54. The van der Waals surface area contributed by atoms with Crippen LogP contribution < -0.4 is 5.32 Å². The molecule has 13 heavy (non-hydrogen) atoms. The maximum absolute atomic E-state index is 11.1. The zero-order valence-electron chi connectivity index (χ0n) is 7.92. The molecule has 3 nitrogen and oxygen atoms in total. The van der Waals surface area contributed by atoms with Crippen molar-refractivity contribution in [2.24, 2.45) is 5.92 Å². The van der Waals surface area contributed by atoms with Crippen LogP contribution in [0.15, 0.2) is 12.7 Å². The van der Waals surface area contributed by atoms with Crippen LogP contribution in [0.5, 0.6) is 0 Å². The summed E-state index contributed by atoms with van der Waals surface area (Å²) in [6, 6.07) is 0. The van der Waals surface area contributed by atoms with Gasteiger partial charge in [-0.25, -0.2) is 0 Å². The van der Waals surface area contributed by atoms with Crippen LogP contribution >= 0.6 is 0 Å². The second-order valence-electron chi connectivity index (χ2n) is 3.26. The highest BCUT2D eigenvalue weighted by Crippen LogP contribution is 2.28. The largest absolute Gasteiger partial charge is 0.379 e. The number of amides is 1. The summed E-state index contributed by atoms with van der Waals surface area (Å²) >= 11 is 0. The molecule has 1 fully saturated rings. The van der Waals surface area contributed by atoms with Gasteiger partial charge in [-0.15, -0.1) is 6.58 Å². The van der Waals surface area contributed by atoms with Crippen LogP contribution in [0, 0.1) is 5.92 Å². The first-order valence-electron chi connectivity index (χ1n) is 4.81. The molecular weight excluding hydrogens is 166 g/mol. The lowest BCUT2D eigenvalue weighted by atomic mass is 10.4. The first kappa shape index (κ1) is 10.3. The molecule has 0 aromatic heterocycles. The summed E-state index contributed by atoms with van der Waals surface area (Å²) in [7, 11) is 0. The van der Waals surface area contributed by atoms with Crippen LogP contribution in [-0.4, -0.2) is 25.7 Å². The minimum atomic E-state index is 0.187. The lowest BCUT2D eigenvalue weighted by Crippen LogP contribution is -2.28. The van der Waals surface area contributed by atoms with Crippen LogP contribution in [0.1, 0.15) is 19.3 Å². The van der Waals surface area contributed by atoms with Crippen molar-refractivity contribution in [2.45, 2.75) is 19.3 Å². The van der Waals surface area contributed by atoms with E-state index in [-0.39, 0.29) is 5.91 Å².